The fraction of sp³-hybridized carbons (Fsp3) is 0.560. The molecule has 3 unspecified atom stereocenters. The van der Waals surface area contributed by atoms with Crippen LogP contribution in [0.4, 0.5) is 0 Å². The molecule has 2 amide bonds. The van der Waals surface area contributed by atoms with Crippen LogP contribution in [-0.4, -0.2) is 108 Å². The van der Waals surface area contributed by atoms with Gasteiger partial charge in [-0.2, -0.15) is 0 Å². The molecule has 36 heavy (non-hydrogen) atoms. The van der Waals surface area contributed by atoms with Gasteiger partial charge in [-0.05, 0) is 40.8 Å². The highest BCUT2D eigenvalue weighted by Crippen LogP contribution is 2.30. The van der Waals surface area contributed by atoms with Crippen molar-refractivity contribution in [3.63, 3.8) is 0 Å². The van der Waals surface area contributed by atoms with Crippen LogP contribution in [0.5, 0.6) is 5.75 Å². The minimum Gasteiger partial charge on any atom is -0.482 e. The predicted molar refractivity (Wildman–Crippen MR) is 140 cm³/mol. The van der Waals surface area contributed by atoms with Crippen LogP contribution in [0, 0.1) is 3.57 Å². The summed E-state index contributed by atoms with van der Waals surface area (Å²) in [6.45, 7) is 4.81. The Morgan fingerprint density at radius 3 is 2.64 bits per heavy atom. The SMILES string of the molecule is CCC(=O)C(=O)N(CCN1CCOCC1)C1CC(C(=O)NCCO)=CC(Oc2ccccc2I)C1O. The molecule has 1 fully saturated rings. The van der Waals surface area contributed by atoms with E-state index in [0.29, 0.717) is 44.2 Å². The van der Waals surface area contributed by atoms with Crippen molar-refractivity contribution in [2.75, 3.05) is 52.5 Å². The van der Waals surface area contributed by atoms with E-state index >= 15 is 0 Å². The molecule has 0 spiro atoms. The standard InChI is InChI=1S/C25H34IN3O7/c1-2-20(31)25(34)29(9-8-28-10-13-35-14-11-28)19-15-17(24(33)27-7-12-30)16-22(23(19)32)36-21-6-4-3-5-18(21)26/h3-6,16,19,22-23,30,32H,2,7-15H2,1H3,(H,27,33). The van der Waals surface area contributed by atoms with Crippen LogP contribution in [0.15, 0.2) is 35.9 Å². The van der Waals surface area contributed by atoms with Gasteiger partial charge in [0.15, 0.2) is 0 Å². The van der Waals surface area contributed by atoms with E-state index in [9.17, 15) is 19.5 Å². The first kappa shape index (κ1) is 28.5. The van der Waals surface area contributed by atoms with Gasteiger partial charge in [-0.25, -0.2) is 0 Å². The fourth-order valence-corrected chi connectivity index (χ4v) is 4.78. The van der Waals surface area contributed by atoms with Crippen molar-refractivity contribution in [3.05, 3.63) is 39.5 Å². The third-order valence-corrected chi connectivity index (χ3v) is 7.19. The second kappa shape index (κ2) is 14.0. The Morgan fingerprint density at radius 1 is 1.25 bits per heavy atom. The molecular weight excluding hydrogens is 581 g/mol. The van der Waals surface area contributed by atoms with Gasteiger partial charge in [-0.1, -0.05) is 19.1 Å². The summed E-state index contributed by atoms with van der Waals surface area (Å²) in [5.74, 6) is -1.12. The van der Waals surface area contributed by atoms with Crippen LogP contribution < -0.4 is 10.1 Å². The van der Waals surface area contributed by atoms with Gasteiger partial charge in [0.25, 0.3) is 5.91 Å². The number of ketones is 1. The van der Waals surface area contributed by atoms with Crippen molar-refractivity contribution < 1.29 is 34.1 Å². The van der Waals surface area contributed by atoms with Crippen molar-refractivity contribution in [1.82, 2.24) is 15.1 Å². The molecule has 11 heteroatoms. The van der Waals surface area contributed by atoms with Gasteiger partial charge in [0.1, 0.15) is 18.0 Å². The summed E-state index contributed by atoms with van der Waals surface area (Å²) >= 11 is 2.12. The molecule has 1 aromatic rings. The average Bonchev–Trinajstić information content (AvgIpc) is 2.90. The lowest BCUT2D eigenvalue weighted by Crippen LogP contribution is -2.58. The number of aliphatic hydroxyl groups excluding tert-OH is 2. The first-order valence-electron chi connectivity index (χ1n) is 12.2. The van der Waals surface area contributed by atoms with Crippen LogP contribution in [0.25, 0.3) is 0 Å². The number of Topliss-reactive ketones (excluding diaryl/α,β-unsaturated/α-hetero) is 1. The number of rotatable bonds is 11. The van der Waals surface area contributed by atoms with Gasteiger partial charge in [-0.15, -0.1) is 0 Å². The number of nitrogens with one attached hydrogen (secondary N) is 1. The van der Waals surface area contributed by atoms with Crippen molar-refractivity contribution in [2.24, 2.45) is 0 Å². The summed E-state index contributed by atoms with van der Waals surface area (Å²) in [6.07, 6.45) is -0.449. The van der Waals surface area contributed by atoms with E-state index in [1.54, 1.807) is 25.1 Å². The summed E-state index contributed by atoms with van der Waals surface area (Å²) in [5.41, 5.74) is 0.322. The van der Waals surface area contributed by atoms with Crippen LogP contribution >= 0.6 is 22.6 Å². The molecule has 1 saturated heterocycles. The lowest BCUT2D eigenvalue weighted by Gasteiger charge is -2.41. The number of hydrogen-bond acceptors (Lipinski definition) is 8. The molecular formula is C25H34IN3O7. The highest BCUT2D eigenvalue weighted by atomic mass is 127. The number of morpholine rings is 1. The second-order valence-corrected chi connectivity index (χ2v) is 9.84. The maximum absolute atomic E-state index is 13.2. The highest BCUT2D eigenvalue weighted by Gasteiger charge is 2.41. The quantitative estimate of drug-likeness (QED) is 0.241. The molecule has 1 aliphatic heterocycles. The lowest BCUT2D eigenvalue weighted by atomic mass is 9.88. The minimum atomic E-state index is -1.17. The number of para-hydroxylation sites is 1. The van der Waals surface area contributed by atoms with Crippen LogP contribution in [0.3, 0.4) is 0 Å². The molecule has 3 rings (SSSR count). The lowest BCUT2D eigenvalue weighted by molar-refractivity contribution is -0.149. The van der Waals surface area contributed by atoms with Crippen LogP contribution in [0.2, 0.25) is 0 Å². The minimum absolute atomic E-state index is 0.0392. The Morgan fingerprint density at radius 2 is 1.97 bits per heavy atom. The van der Waals surface area contributed by atoms with Gasteiger partial charge >= 0.3 is 0 Å². The molecule has 3 N–H and O–H groups in total. The average molecular weight is 615 g/mol. The maximum atomic E-state index is 13.2. The van der Waals surface area contributed by atoms with E-state index in [4.69, 9.17) is 14.6 Å². The smallest absolute Gasteiger partial charge is 0.290 e. The summed E-state index contributed by atoms with van der Waals surface area (Å²) < 4.78 is 12.3. The van der Waals surface area contributed by atoms with Crippen molar-refractivity contribution in [2.45, 2.75) is 38.0 Å². The molecule has 10 nitrogen and oxygen atoms in total. The Labute approximate surface area is 224 Å². The summed E-state index contributed by atoms with van der Waals surface area (Å²) in [7, 11) is 0. The molecule has 2 aliphatic rings. The number of amides is 2. The summed E-state index contributed by atoms with van der Waals surface area (Å²) in [4.78, 5) is 42.0. The van der Waals surface area contributed by atoms with Crippen molar-refractivity contribution in [1.29, 1.82) is 0 Å². The van der Waals surface area contributed by atoms with Crippen molar-refractivity contribution in [3.8, 4) is 5.75 Å². The zero-order chi connectivity index (χ0) is 26.1. The normalized spacial score (nSPS) is 22.4. The second-order valence-electron chi connectivity index (χ2n) is 8.68. The van der Waals surface area contributed by atoms with Gasteiger partial charge in [-0.3, -0.25) is 19.3 Å². The van der Waals surface area contributed by atoms with Crippen molar-refractivity contribution >= 4 is 40.2 Å². The van der Waals surface area contributed by atoms with Crippen LogP contribution in [0.1, 0.15) is 19.8 Å². The molecule has 198 valence electrons. The monoisotopic (exact) mass is 615 g/mol. The fourth-order valence-electron chi connectivity index (χ4n) is 4.27. The number of benzene rings is 1. The molecule has 0 saturated carbocycles. The Hall–Kier alpha value is -2.06. The van der Waals surface area contributed by atoms with Gasteiger partial charge in [0, 0.05) is 51.1 Å². The first-order valence-corrected chi connectivity index (χ1v) is 13.3. The third kappa shape index (κ3) is 7.48. The number of carbonyl (C=O) groups excluding carboxylic acids is 3. The molecule has 0 aromatic heterocycles. The molecule has 0 radical (unpaired) electrons. The third-order valence-electron chi connectivity index (χ3n) is 6.30. The van der Waals surface area contributed by atoms with E-state index in [0.717, 1.165) is 3.57 Å². The summed E-state index contributed by atoms with van der Waals surface area (Å²) in [6, 6.07) is 6.44. The Balaban J connectivity index is 1.90. The van der Waals surface area contributed by atoms with Gasteiger partial charge in [0.05, 0.1) is 29.4 Å². The van der Waals surface area contributed by atoms with E-state index < -0.39 is 35.8 Å². The number of carbonyl (C=O) groups is 3. The van der Waals surface area contributed by atoms with E-state index in [1.807, 2.05) is 12.1 Å². The van der Waals surface area contributed by atoms with E-state index in [2.05, 4.69) is 32.8 Å². The maximum Gasteiger partial charge on any atom is 0.290 e. The Bertz CT molecular complexity index is 951. The highest BCUT2D eigenvalue weighted by molar-refractivity contribution is 14.1. The molecule has 1 aromatic carbocycles. The number of aliphatic hydroxyl groups is 2. The van der Waals surface area contributed by atoms with E-state index in [-0.39, 0.29) is 32.5 Å². The van der Waals surface area contributed by atoms with Gasteiger partial charge < -0.3 is 29.9 Å². The molecule has 1 aliphatic carbocycles. The first-order chi connectivity index (χ1) is 17.3. The molecule has 0 bridgehead atoms. The van der Waals surface area contributed by atoms with Crippen LogP contribution in [-0.2, 0) is 19.1 Å². The predicted octanol–water partition coefficient (Wildman–Crippen LogP) is 0.347. The Kier molecular flexibility index (Phi) is 11.1. The molecule has 1 heterocycles. The number of hydrogen-bond donors (Lipinski definition) is 3. The summed E-state index contributed by atoms with van der Waals surface area (Å²) in [5, 5.41) is 23.1. The van der Waals surface area contributed by atoms with E-state index in [1.165, 1.54) is 4.90 Å². The zero-order valence-electron chi connectivity index (χ0n) is 20.4. The number of nitrogens with zero attached hydrogens (tertiary/aromatic N) is 2. The zero-order valence-corrected chi connectivity index (χ0v) is 22.6. The topological polar surface area (TPSA) is 129 Å². The number of halogens is 1. The number of ether oxygens (including phenoxy) is 2. The largest absolute Gasteiger partial charge is 0.482 e. The van der Waals surface area contributed by atoms with Gasteiger partial charge in [0.2, 0.25) is 11.7 Å². The molecule has 3 atom stereocenters.